The molecule has 0 bridgehead atoms. The van der Waals surface area contributed by atoms with Gasteiger partial charge >= 0.3 is 6.03 Å². The first kappa shape index (κ1) is 19.0. The average Bonchev–Trinajstić information content (AvgIpc) is 3.19. The summed E-state index contributed by atoms with van der Waals surface area (Å²) in [6.07, 6.45) is 3.13. The van der Waals surface area contributed by atoms with Crippen LogP contribution in [0.5, 0.6) is 0 Å². The van der Waals surface area contributed by atoms with Gasteiger partial charge in [0.25, 0.3) is 0 Å². The molecule has 0 aliphatic rings. The van der Waals surface area contributed by atoms with Crippen molar-refractivity contribution in [3.63, 3.8) is 0 Å². The van der Waals surface area contributed by atoms with E-state index in [1.165, 1.54) is 11.3 Å². The summed E-state index contributed by atoms with van der Waals surface area (Å²) in [5.41, 5.74) is 3.06. The van der Waals surface area contributed by atoms with Gasteiger partial charge in [-0.1, -0.05) is 17.4 Å². The summed E-state index contributed by atoms with van der Waals surface area (Å²) in [6, 6.07) is 7.46. The van der Waals surface area contributed by atoms with Crippen LogP contribution in [0.25, 0.3) is 0 Å². The zero-order valence-electron chi connectivity index (χ0n) is 15.6. The summed E-state index contributed by atoms with van der Waals surface area (Å²) in [7, 11) is 0. The third-order valence-corrected chi connectivity index (χ3v) is 4.85. The highest BCUT2D eigenvalue weighted by atomic mass is 32.1. The molecule has 0 radical (unpaired) electrons. The average molecular weight is 385 g/mol. The number of pyridine rings is 1. The summed E-state index contributed by atoms with van der Waals surface area (Å²) >= 11 is 1.38. The van der Waals surface area contributed by atoms with Crippen LogP contribution in [-0.4, -0.2) is 37.0 Å². The second-order valence-electron chi connectivity index (χ2n) is 6.43. The number of hydrogen-bond donors (Lipinski definition) is 2. The number of carbonyl (C=O) groups is 1. The minimum Gasteiger partial charge on any atom is -0.335 e. The number of urea groups is 1. The van der Waals surface area contributed by atoms with Gasteiger partial charge in [0.15, 0.2) is 0 Å². The monoisotopic (exact) mass is 385 g/mol. The number of carbonyl (C=O) groups excluding carboxylic acids is 1. The fourth-order valence-electron chi connectivity index (χ4n) is 2.75. The molecule has 0 spiro atoms. The van der Waals surface area contributed by atoms with Crippen LogP contribution in [0.15, 0.2) is 30.5 Å². The van der Waals surface area contributed by atoms with Crippen LogP contribution in [0.4, 0.5) is 9.93 Å². The second kappa shape index (κ2) is 8.72. The number of hydrogen-bond acceptors (Lipinski definition) is 6. The number of rotatable bonds is 7. The molecule has 3 rings (SSSR count). The van der Waals surface area contributed by atoms with Crippen LogP contribution in [0, 0.1) is 13.8 Å². The number of anilines is 1. The number of aryl methyl sites for hydroxylation is 4. The highest BCUT2D eigenvalue weighted by Crippen LogP contribution is 2.16. The molecule has 8 nitrogen and oxygen atoms in total. The molecule has 3 aromatic heterocycles. The molecule has 9 heteroatoms. The number of nitrogens with zero attached hydrogens (tertiary/aromatic N) is 5. The van der Waals surface area contributed by atoms with Gasteiger partial charge in [-0.25, -0.2) is 4.79 Å². The smallest absolute Gasteiger partial charge is 0.321 e. The van der Waals surface area contributed by atoms with Gasteiger partial charge in [0.05, 0.1) is 5.69 Å². The molecule has 27 heavy (non-hydrogen) atoms. The molecule has 1 atom stereocenters. The van der Waals surface area contributed by atoms with Gasteiger partial charge in [-0.15, -0.1) is 10.2 Å². The molecule has 3 aromatic rings. The lowest BCUT2D eigenvalue weighted by Gasteiger charge is -2.13. The van der Waals surface area contributed by atoms with Crippen molar-refractivity contribution < 1.29 is 4.79 Å². The zero-order chi connectivity index (χ0) is 19.2. The minimum atomic E-state index is -0.292. The summed E-state index contributed by atoms with van der Waals surface area (Å²) in [5, 5.41) is 19.6. The van der Waals surface area contributed by atoms with Crippen molar-refractivity contribution in [2.24, 2.45) is 0 Å². The highest BCUT2D eigenvalue weighted by molar-refractivity contribution is 7.15. The molecule has 3 heterocycles. The van der Waals surface area contributed by atoms with Crippen molar-refractivity contribution in [2.45, 2.75) is 46.2 Å². The quantitative estimate of drug-likeness (QED) is 0.652. The van der Waals surface area contributed by atoms with Crippen LogP contribution in [-0.2, 0) is 19.4 Å². The first-order chi connectivity index (χ1) is 13.0. The lowest BCUT2D eigenvalue weighted by atomic mass is 10.2. The van der Waals surface area contributed by atoms with Gasteiger partial charge < -0.3 is 5.32 Å². The fraction of sp³-hybridized carbons (Fsp3) is 0.389. The highest BCUT2D eigenvalue weighted by Gasteiger charge is 2.12. The van der Waals surface area contributed by atoms with E-state index >= 15 is 0 Å². The lowest BCUT2D eigenvalue weighted by Crippen LogP contribution is -2.37. The summed E-state index contributed by atoms with van der Waals surface area (Å²) in [6.45, 7) is 6.68. The largest absolute Gasteiger partial charge is 0.335 e. The maximum Gasteiger partial charge on any atom is 0.321 e. The van der Waals surface area contributed by atoms with Gasteiger partial charge in [-0.2, -0.15) is 5.10 Å². The first-order valence-corrected chi connectivity index (χ1v) is 9.62. The van der Waals surface area contributed by atoms with Crippen LogP contribution < -0.4 is 10.6 Å². The van der Waals surface area contributed by atoms with Gasteiger partial charge in [0, 0.05) is 43.0 Å². The van der Waals surface area contributed by atoms with Crippen molar-refractivity contribution in [1.29, 1.82) is 0 Å². The Bertz CT molecular complexity index is 890. The predicted octanol–water partition coefficient (Wildman–Crippen LogP) is 2.74. The Kier molecular flexibility index (Phi) is 6.12. The Labute approximate surface area is 162 Å². The third-order valence-electron chi connectivity index (χ3n) is 3.95. The van der Waals surface area contributed by atoms with E-state index in [1.807, 2.05) is 49.7 Å². The van der Waals surface area contributed by atoms with E-state index in [9.17, 15) is 4.79 Å². The molecule has 1 unspecified atom stereocenters. The van der Waals surface area contributed by atoms with Crippen molar-refractivity contribution in [3.05, 3.63) is 52.6 Å². The maximum atomic E-state index is 12.1. The van der Waals surface area contributed by atoms with Crippen molar-refractivity contribution >= 4 is 22.5 Å². The lowest BCUT2D eigenvalue weighted by molar-refractivity contribution is 0.249. The third kappa shape index (κ3) is 5.58. The van der Waals surface area contributed by atoms with Crippen LogP contribution >= 0.6 is 11.3 Å². The Hall–Kier alpha value is -2.81. The van der Waals surface area contributed by atoms with Gasteiger partial charge in [0.1, 0.15) is 5.01 Å². The van der Waals surface area contributed by atoms with Gasteiger partial charge in [-0.3, -0.25) is 15.0 Å². The summed E-state index contributed by atoms with van der Waals surface area (Å²) in [5.74, 6) is 0. The fourth-order valence-corrected chi connectivity index (χ4v) is 3.47. The molecule has 0 saturated heterocycles. The zero-order valence-corrected chi connectivity index (χ0v) is 16.5. The Morgan fingerprint density at radius 1 is 1.30 bits per heavy atom. The van der Waals surface area contributed by atoms with Crippen molar-refractivity contribution in [2.75, 3.05) is 5.32 Å². The second-order valence-corrected chi connectivity index (χ2v) is 7.49. The number of aromatic nitrogens is 5. The van der Waals surface area contributed by atoms with Crippen LogP contribution in [0.3, 0.4) is 0 Å². The molecular formula is C18H23N7OS. The first-order valence-electron chi connectivity index (χ1n) is 8.80. The summed E-state index contributed by atoms with van der Waals surface area (Å²) in [4.78, 5) is 16.4. The molecule has 0 aliphatic carbocycles. The number of amides is 2. The Balaban J connectivity index is 1.46. The molecule has 0 aromatic carbocycles. The normalized spacial score (nSPS) is 12.0. The predicted molar refractivity (Wildman–Crippen MR) is 105 cm³/mol. The van der Waals surface area contributed by atoms with E-state index in [4.69, 9.17) is 0 Å². The van der Waals surface area contributed by atoms with E-state index in [1.54, 1.807) is 6.20 Å². The Morgan fingerprint density at radius 3 is 2.85 bits per heavy atom. The van der Waals surface area contributed by atoms with Gasteiger partial charge in [0.2, 0.25) is 5.13 Å². The van der Waals surface area contributed by atoms with Crippen molar-refractivity contribution in [3.8, 4) is 0 Å². The molecule has 0 aliphatic heterocycles. The summed E-state index contributed by atoms with van der Waals surface area (Å²) < 4.78 is 1.95. The molecule has 2 N–H and O–H groups in total. The van der Waals surface area contributed by atoms with E-state index in [0.29, 0.717) is 11.6 Å². The Morgan fingerprint density at radius 2 is 2.15 bits per heavy atom. The molecule has 2 amide bonds. The molecule has 0 saturated carbocycles. The molecule has 142 valence electrons. The van der Waals surface area contributed by atoms with E-state index < -0.39 is 0 Å². The molecule has 0 fully saturated rings. The van der Waals surface area contributed by atoms with Gasteiger partial charge in [-0.05, 0) is 39.0 Å². The minimum absolute atomic E-state index is 0.0432. The van der Waals surface area contributed by atoms with E-state index in [0.717, 1.165) is 35.1 Å². The van der Waals surface area contributed by atoms with Crippen LogP contribution in [0.1, 0.15) is 29.0 Å². The van der Waals surface area contributed by atoms with E-state index in [2.05, 4.69) is 30.9 Å². The standard InChI is InChI=1S/C18H23N7OS/c1-12(11-15-6-4-5-8-19-15)20-17(26)21-18-23-22-16(27-18)7-9-25-14(3)10-13(2)24-25/h4-6,8,10,12H,7,9,11H2,1-3H3,(H2,20,21,23,26). The SMILES string of the molecule is Cc1cc(C)n(CCc2nnc(NC(=O)NC(C)Cc3ccccn3)s2)n1. The maximum absolute atomic E-state index is 12.1. The van der Waals surface area contributed by atoms with Crippen molar-refractivity contribution in [1.82, 2.24) is 30.3 Å². The molecular weight excluding hydrogens is 362 g/mol. The topological polar surface area (TPSA) is 97.6 Å². The van der Waals surface area contributed by atoms with Crippen LogP contribution in [0.2, 0.25) is 0 Å². The van der Waals surface area contributed by atoms with E-state index in [-0.39, 0.29) is 12.1 Å². The number of nitrogens with one attached hydrogen (secondary N) is 2.